The van der Waals surface area contributed by atoms with Crippen molar-refractivity contribution in [2.75, 3.05) is 11.1 Å². The standard InChI is InChI=1S/C29H22ClN3O2S/c30-22-15-16-24(23(17-22)28(35)21-11-5-2-6-12-21)31-27(34)19-36-29-32-25-13-7-8-14-26(25)33(29)18-20-9-3-1-4-10-20/h1-17H,18-19H2,(H,31,34,35)/p+1. The summed E-state index contributed by atoms with van der Waals surface area (Å²) in [6.45, 7) is 0.682. The summed E-state index contributed by atoms with van der Waals surface area (Å²) in [5, 5.41) is 4.21. The molecule has 0 unspecified atom stereocenters. The molecule has 1 aromatic heterocycles. The molecule has 5 rings (SSSR count). The SMILES string of the molecule is O=C(CSc1[nH]c2ccccc2[n+]1Cc1ccccc1)Nc1ccc(Cl)cc1C(=O)c1ccccc1. The van der Waals surface area contributed by atoms with Crippen LogP contribution in [0.1, 0.15) is 21.5 Å². The first-order valence-electron chi connectivity index (χ1n) is 11.4. The number of para-hydroxylation sites is 2. The van der Waals surface area contributed by atoms with Gasteiger partial charge in [-0.2, -0.15) is 0 Å². The first-order chi connectivity index (χ1) is 17.6. The molecule has 178 valence electrons. The molecule has 0 fully saturated rings. The summed E-state index contributed by atoms with van der Waals surface area (Å²) in [5.41, 5.74) is 4.57. The van der Waals surface area contributed by atoms with Crippen LogP contribution in [0.25, 0.3) is 11.0 Å². The third-order valence-electron chi connectivity index (χ3n) is 5.74. The van der Waals surface area contributed by atoms with Gasteiger partial charge in [0.15, 0.2) is 16.8 Å². The summed E-state index contributed by atoms with van der Waals surface area (Å²) in [4.78, 5) is 29.5. The number of nitrogens with one attached hydrogen (secondary N) is 2. The van der Waals surface area contributed by atoms with Crippen LogP contribution in [0, 0.1) is 0 Å². The quantitative estimate of drug-likeness (QED) is 0.149. The number of halogens is 1. The summed E-state index contributed by atoms with van der Waals surface area (Å²) in [5.74, 6) is -0.241. The van der Waals surface area contributed by atoms with Crippen LogP contribution in [0.3, 0.4) is 0 Å². The molecule has 7 heteroatoms. The third kappa shape index (κ3) is 5.35. The number of amides is 1. The molecule has 2 N–H and O–H groups in total. The second-order valence-corrected chi connectivity index (χ2v) is 9.64. The summed E-state index contributed by atoms with van der Waals surface area (Å²) in [7, 11) is 0. The zero-order chi connectivity index (χ0) is 24.9. The molecule has 1 heterocycles. The highest BCUT2D eigenvalue weighted by Gasteiger charge is 2.21. The number of fused-ring (bicyclic) bond motifs is 1. The minimum Gasteiger partial charge on any atom is -0.325 e. The maximum absolute atomic E-state index is 13.1. The molecule has 0 saturated heterocycles. The number of H-pyrrole nitrogens is 1. The van der Waals surface area contributed by atoms with E-state index >= 15 is 0 Å². The number of aromatic amines is 1. The predicted molar refractivity (Wildman–Crippen MR) is 145 cm³/mol. The number of ketones is 1. The number of hydrogen-bond acceptors (Lipinski definition) is 3. The Morgan fingerprint density at radius 1 is 0.861 bits per heavy atom. The first-order valence-corrected chi connectivity index (χ1v) is 12.8. The predicted octanol–water partition coefficient (Wildman–Crippen LogP) is 6.12. The van der Waals surface area contributed by atoms with E-state index in [1.54, 1.807) is 42.5 Å². The van der Waals surface area contributed by atoms with Crippen molar-refractivity contribution in [3.63, 3.8) is 0 Å². The normalized spacial score (nSPS) is 10.9. The maximum atomic E-state index is 13.1. The molecule has 0 bridgehead atoms. The van der Waals surface area contributed by atoms with Crippen molar-refractivity contribution in [2.24, 2.45) is 0 Å². The number of anilines is 1. The van der Waals surface area contributed by atoms with E-state index in [-0.39, 0.29) is 17.4 Å². The topological polar surface area (TPSA) is 65.8 Å². The molecule has 0 aliphatic carbocycles. The average Bonchev–Trinajstić information content (AvgIpc) is 3.26. The number of rotatable bonds is 8. The summed E-state index contributed by atoms with van der Waals surface area (Å²) < 4.78 is 2.18. The maximum Gasteiger partial charge on any atom is 0.317 e. The van der Waals surface area contributed by atoms with Gasteiger partial charge in [0.05, 0.1) is 11.4 Å². The monoisotopic (exact) mass is 512 g/mol. The van der Waals surface area contributed by atoms with Gasteiger partial charge >= 0.3 is 5.16 Å². The van der Waals surface area contributed by atoms with Gasteiger partial charge in [-0.15, -0.1) is 0 Å². The van der Waals surface area contributed by atoms with Gasteiger partial charge in [0.25, 0.3) is 0 Å². The Bertz CT molecular complexity index is 1530. The Hall–Kier alpha value is -3.87. The Labute approximate surface area is 218 Å². The van der Waals surface area contributed by atoms with E-state index in [4.69, 9.17) is 11.6 Å². The van der Waals surface area contributed by atoms with Crippen molar-refractivity contribution < 1.29 is 14.2 Å². The second-order valence-electron chi connectivity index (χ2n) is 8.24. The van der Waals surface area contributed by atoms with Crippen LogP contribution in [0.2, 0.25) is 5.02 Å². The van der Waals surface area contributed by atoms with E-state index in [9.17, 15) is 9.59 Å². The number of aromatic nitrogens is 2. The molecule has 36 heavy (non-hydrogen) atoms. The van der Waals surface area contributed by atoms with Crippen LogP contribution in [0.5, 0.6) is 0 Å². The number of thioether (sulfide) groups is 1. The number of carbonyl (C=O) groups excluding carboxylic acids is 2. The van der Waals surface area contributed by atoms with Crippen LogP contribution in [-0.2, 0) is 11.3 Å². The first kappa shape index (κ1) is 23.9. The highest BCUT2D eigenvalue weighted by Crippen LogP contribution is 2.25. The van der Waals surface area contributed by atoms with Gasteiger partial charge in [-0.25, -0.2) is 9.55 Å². The smallest absolute Gasteiger partial charge is 0.317 e. The van der Waals surface area contributed by atoms with Crippen molar-refractivity contribution in [3.05, 3.63) is 125 Å². The molecule has 0 aliphatic heterocycles. The summed E-state index contributed by atoms with van der Waals surface area (Å²) in [6, 6.07) is 32.1. The summed E-state index contributed by atoms with van der Waals surface area (Å²) >= 11 is 7.59. The van der Waals surface area contributed by atoms with Gasteiger partial charge in [0.1, 0.15) is 6.54 Å². The van der Waals surface area contributed by atoms with Gasteiger partial charge in [-0.05, 0) is 47.7 Å². The fourth-order valence-corrected chi connectivity index (χ4v) is 5.04. The molecule has 4 aromatic carbocycles. The zero-order valence-electron chi connectivity index (χ0n) is 19.3. The van der Waals surface area contributed by atoms with E-state index in [0.29, 0.717) is 28.4 Å². The van der Waals surface area contributed by atoms with Crippen LogP contribution >= 0.6 is 23.4 Å². The fraction of sp³-hybridized carbons (Fsp3) is 0.0690. The van der Waals surface area contributed by atoms with Crippen molar-refractivity contribution in [1.29, 1.82) is 0 Å². The number of imidazole rings is 1. The lowest BCUT2D eigenvalue weighted by Crippen LogP contribution is -2.35. The van der Waals surface area contributed by atoms with Crippen molar-refractivity contribution in [2.45, 2.75) is 11.7 Å². The third-order valence-corrected chi connectivity index (χ3v) is 6.98. The molecule has 0 radical (unpaired) electrons. The molecule has 5 nitrogen and oxygen atoms in total. The minimum absolute atomic E-state index is 0.170. The number of hydrogen-bond donors (Lipinski definition) is 2. The number of benzene rings is 4. The largest absolute Gasteiger partial charge is 0.325 e. The molecule has 5 aromatic rings. The highest BCUT2D eigenvalue weighted by atomic mass is 35.5. The Morgan fingerprint density at radius 2 is 1.56 bits per heavy atom. The molecule has 0 saturated carbocycles. The van der Waals surface area contributed by atoms with Gasteiger partial charge in [-0.3, -0.25) is 9.59 Å². The lowest BCUT2D eigenvalue weighted by atomic mass is 10.0. The molecule has 1 amide bonds. The van der Waals surface area contributed by atoms with Gasteiger partial charge < -0.3 is 5.32 Å². The van der Waals surface area contributed by atoms with Crippen molar-refractivity contribution in [3.8, 4) is 0 Å². The van der Waals surface area contributed by atoms with E-state index in [1.165, 1.54) is 17.3 Å². The molecular weight excluding hydrogens is 490 g/mol. The highest BCUT2D eigenvalue weighted by molar-refractivity contribution is 7.99. The molecular formula is C29H23ClN3O2S+. The van der Waals surface area contributed by atoms with E-state index in [0.717, 1.165) is 16.2 Å². The van der Waals surface area contributed by atoms with Crippen LogP contribution in [-0.4, -0.2) is 22.4 Å². The Balaban J connectivity index is 1.35. The van der Waals surface area contributed by atoms with Crippen molar-refractivity contribution >= 4 is 51.8 Å². The van der Waals surface area contributed by atoms with Gasteiger partial charge in [0, 0.05) is 16.1 Å². The Morgan fingerprint density at radius 3 is 2.33 bits per heavy atom. The molecule has 0 atom stereocenters. The fourth-order valence-electron chi connectivity index (χ4n) is 4.02. The lowest BCUT2D eigenvalue weighted by molar-refractivity contribution is -0.700. The van der Waals surface area contributed by atoms with Crippen LogP contribution < -0.4 is 9.88 Å². The van der Waals surface area contributed by atoms with Crippen LogP contribution in [0.4, 0.5) is 5.69 Å². The number of nitrogens with zero attached hydrogens (tertiary/aromatic N) is 1. The summed E-state index contributed by atoms with van der Waals surface area (Å²) in [6.07, 6.45) is 0. The van der Waals surface area contributed by atoms with Gasteiger partial charge in [0.2, 0.25) is 5.91 Å². The Kier molecular flexibility index (Phi) is 7.16. The van der Waals surface area contributed by atoms with E-state index < -0.39 is 0 Å². The zero-order valence-corrected chi connectivity index (χ0v) is 20.9. The van der Waals surface area contributed by atoms with E-state index in [1.807, 2.05) is 42.5 Å². The molecule has 0 spiro atoms. The van der Waals surface area contributed by atoms with E-state index in [2.05, 4.69) is 33.1 Å². The molecule has 0 aliphatic rings. The van der Waals surface area contributed by atoms with Gasteiger partial charge in [-0.1, -0.05) is 84.4 Å². The lowest BCUT2D eigenvalue weighted by Gasteiger charge is -2.11. The van der Waals surface area contributed by atoms with Crippen molar-refractivity contribution in [1.82, 2.24) is 4.98 Å². The average molecular weight is 513 g/mol. The second kappa shape index (κ2) is 10.8. The minimum atomic E-state index is -0.214. The van der Waals surface area contributed by atoms with Crippen LogP contribution in [0.15, 0.2) is 108 Å². The number of carbonyl (C=O) groups is 2.